The average Bonchev–Trinajstić information content (AvgIpc) is 3.32. The van der Waals surface area contributed by atoms with Crippen molar-refractivity contribution >= 4 is 16.9 Å². The number of benzene rings is 3. The highest BCUT2D eigenvalue weighted by molar-refractivity contribution is 5.79. The Hall–Kier alpha value is -4.00. The Morgan fingerprint density at radius 2 is 1.77 bits per heavy atom. The maximum absolute atomic E-state index is 12.5. The van der Waals surface area contributed by atoms with Crippen molar-refractivity contribution in [1.29, 1.82) is 0 Å². The summed E-state index contributed by atoms with van der Waals surface area (Å²) in [4.78, 5) is 17.4. The van der Waals surface area contributed by atoms with Crippen molar-refractivity contribution in [2.45, 2.75) is 52.0 Å². The summed E-state index contributed by atoms with van der Waals surface area (Å²) in [6, 6.07) is 22.1. The number of hydrogen-bond donors (Lipinski definition) is 1. The van der Waals surface area contributed by atoms with E-state index >= 15 is 0 Å². The summed E-state index contributed by atoms with van der Waals surface area (Å²) in [6.45, 7) is 6.28. The minimum absolute atomic E-state index is 0.0246. The Morgan fingerprint density at radius 3 is 2.51 bits per heavy atom. The molecule has 206 valence electrons. The van der Waals surface area contributed by atoms with E-state index in [2.05, 4.69) is 54.1 Å². The molecule has 0 spiro atoms. The second-order valence-electron chi connectivity index (χ2n) is 9.71. The van der Waals surface area contributed by atoms with Gasteiger partial charge < -0.3 is 24.1 Å². The Bertz CT molecular complexity index is 1360. The van der Waals surface area contributed by atoms with Gasteiger partial charge in [-0.1, -0.05) is 44.2 Å². The first-order valence-corrected chi connectivity index (χ1v) is 13.7. The van der Waals surface area contributed by atoms with E-state index < -0.39 is 0 Å². The van der Waals surface area contributed by atoms with Crippen LogP contribution < -0.4 is 19.5 Å². The fourth-order valence-electron chi connectivity index (χ4n) is 4.66. The van der Waals surface area contributed by atoms with Crippen LogP contribution in [0.1, 0.15) is 49.6 Å². The molecule has 39 heavy (non-hydrogen) atoms. The van der Waals surface area contributed by atoms with Gasteiger partial charge in [0.05, 0.1) is 38.2 Å². The van der Waals surface area contributed by atoms with E-state index in [1.807, 2.05) is 36.4 Å². The van der Waals surface area contributed by atoms with E-state index in [4.69, 9.17) is 19.2 Å². The predicted octanol–water partition coefficient (Wildman–Crippen LogP) is 5.94. The summed E-state index contributed by atoms with van der Waals surface area (Å²) < 4.78 is 18.9. The maximum atomic E-state index is 12.5. The van der Waals surface area contributed by atoms with Crippen molar-refractivity contribution in [1.82, 2.24) is 14.9 Å². The van der Waals surface area contributed by atoms with Gasteiger partial charge >= 0.3 is 0 Å². The summed E-state index contributed by atoms with van der Waals surface area (Å²) in [5.74, 6) is 3.67. The number of ether oxygens (including phenoxy) is 3. The Labute approximate surface area is 231 Å². The molecule has 1 amide bonds. The third-order valence-corrected chi connectivity index (χ3v) is 7.09. The molecule has 0 aliphatic heterocycles. The van der Waals surface area contributed by atoms with E-state index in [1.54, 1.807) is 14.2 Å². The molecule has 4 rings (SSSR count). The number of nitrogens with zero attached hydrogens (tertiary/aromatic N) is 2. The molecule has 1 heterocycles. The van der Waals surface area contributed by atoms with Crippen molar-refractivity contribution in [2.24, 2.45) is 0 Å². The van der Waals surface area contributed by atoms with Gasteiger partial charge in [0.1, 0.15) is 18.2 Å². The van der Waals surface area contributed by atoms with Crippen molar-refractivity contribution in [3.8, 4) is 17.2 Å². The van der Waals surface area contributed by atoms with Crippen molar-refractivity contribution in [3.05, 3.63) is 83.7 Å². The summed E-state index contributed by atoms with van der Waals surface area (Å²) >= 11 is 0. The van der Waals surface area contributed by atoms with E-state index in [0.717, 1.165) is 47.4 Å². The molecule has 0 aliphatic carbocycles. The normalized spacial score (nSPS) is 11.8. The molecule has 4 aromatic rings. The van der Waals surface area contributed by atoms with Gasteiger partial charge in [-0.3, -0.25) is 4.79 Å². The first-order chi connectivity index (χ1) is 19.0. The highest BCUT2D eigenvalue weighted by atomic mass is 16.5. The molecule has 0 saturated carbocycles. The predicted molar refractivity (Wildman–Crippen MR) is 155 cm³/mol. The maximum Gasteiger partial charge on any atom is 0.224 e. The summed E-state index contributed by atoms with van der Waals surface area (Å²) in [6.07, 6.45) is 2.96. The summed E-state index contributed by atoms with van der Waals surface area (Å²) in [5, 5.41) is 3.03. The van der Waals surface area contributed by atoms with Gasteiger partial charge in [0.15, 0.2) is 11.5 Å². The zero-order chi connectivity index (χ0) is 27.6. The number of methoxy groups -OCH3 is 2. The molecule has 1 N–H and O–H groups in total. The Kier molecular flexibility index (Phi) is 9.84. The SMILES string of the molecule is CCC(C)c1ccc(OCCn2c(CCCNC(=O)Cc3ccc(OC)c(OC)c3)nc3ccccc32)cc1. The number of fused-ring (bicyclic) bond motifs is 1. The molecular weight excluding hydrogens is 490 g/mol. The zero-order valence-electron chi connectivity index (χ0n) is 23.4. The molecule has 3 aromatic carbocycles. The third-order valence-electron chi connectivity index (χ3n) is 7.09. The highest BCUT2D eigenvalue weighted by Crippen LogP contribution is 2.27. The lowest BCUT2D eigenvalue weighted by atomic mass is 9.99. The van der Waals surface area contributed by atoms with Crippen LogP contribution in [0.4, 0.5) is 0 Å². The van der Waals surface area contributed by atoms with Crippen molar-refractivity contribution in [2.75, 3.05) is 27.4 Å². The first-order valence-electron chi connectivity index (χ1n) is 13.7. The zero-order valence-corrected chi connectivity index (χ0v) is 23.4. The van der Waals surface area contributed by atoms with Crippen LogP contribution in [0, 0.1) is 0 Å². The monoisotopic (exact) mass is 529 g/mol. The number of imidazole rings is 1. The topological polar surface area (TPSA) is 74.6 Å². The molecule has 7 heteroatoms. The van der Waals surface area contributed by atoms with Gasteiger partial charge in [-0.25, -0.2) is 4.98 Å². The number of hydrogen-bond acceptors (Lipinski definition) is 5. The molecular formula is C32H39N3O4. The molecule has 0 aliphatic rings. The molecule has 0 fully saturated rings. The Balaban J connectivity index is 1.30. The first kappa shape index (κ1) is 28.0. The van der Waals surface area contributed by atoms with E-state index in [1.165, 1.54) is 5.56 Å². The second kappa shape index (κ2) is 13.7. The second-order valence-corrected chi connectivity index (χ2v) is 9.71. The van der Waals surface area contributed by atoms with E-state index in [0.29, 0.717) is 37.1 Å². The number of rotatable bonds is 14. The van der Waals surface area contributed by atoms with Crippen LogP contribution in [0.15, 0.2) is 66.7 Å². The standard InChI is InChI=1S/C32H39N3O4/c1-5-23(2)25-13-15-26(16-14-25)39-20-19-35-28-10-7-6-9-27(28)34-31(35)11-8-18-33-32(36)22-24-12-17-29(37-3)30(21-24)38-4/h6-7,9-10,12-17,21,23H,5,8,11,18-20,22H2,1-4H3,(H,33,36). The van der Waals surface area contributed by atoms with Crippen LogP contribution in [0.3, 0.4) is 0 Å². The number of carbonyl (C=O) groups excluding carboxylic acids is 1. The van der Waals surface area contributed by atoms with Gasteiger partial charge in [0.2, 0.25) is 5.91 Å². The molecule has 0 saturated heterocycles. The van der Waals surface area contributed by atoms with E-state index in [-0.39, 0.29) is 12.3 Å². The van der Waals surface area contributed by atoms with Crippen LogP contribution >= 0.6 is 0 Å². The van der Waals surface area contributed by atoms with Gasteiger partial charge in [-0.05, 0) is 66.3 Å². The van der Waals surface area contributed by atoms with Crippen LogP contribution in [0.25, 0.3) is 11.0 Å². The van der Waals surface area contributed by atoms with Gasteiger partial charge in [0.25, 0.3) is 0 Å². The molecule has 0 radical (unpaired) electrons. The number of para-hydroxylation sites is 2. The number of carbonyl (C=O) groups is 1. The summed E-state index contributed by atoms with van der Waals surface area (Å²) in [5.41, 5.74) is 4.29. The number of aromatic nitrogens is 2. The molecule has 0 bridgehead atoms. The smallest absolute Gasteiger partial charge is 0.224 e. The number of nitrogens with one attached hydrogen (secondary N) is 1. The Morgan fingerprint density at radius 1 is 1.00 bits per heavy atom. The molecule has 1 atom stereocenters. The molecule has 7 nitrogen and oxygen atoms in total. The number of amides is 1. The quantitative estimate of drug-likeness (QED) is 0.205. The lowest BCUT2D eigenvalue weighted by molar-refractivity contribution is -0.120. The average molecular weight is 530 g/mol. The third kappa shape index (κ3) is 7.31. The molecule has 1 aromatic heterocycles. The van der Waals surface area contributed by atoms with Gasteiger partial charge in [-0.15, -0.1) is 0 Å². The minimum Gasteiger partial charge on any atom is -0.493 e. The molecule has 1 unspecified atom stereocenters. The van der Waals surface area contributed by atoms with Crippen molar-refractivity contribution < 1.29 is 19.0 Å². The fraction of sp³-hybridized carbons (Fsp3) is 0.375. The largest absolute Gasteiger partial charge is 0.493 e. The lowest BCUT2D eigenvalue weighted by Crippen LogP contribution is -2.26. The fourth-order valence-corrected chi connectivity index (χ4v) is 4.66. The lowest BCUT2D eigenvalue weighted by Gasteiger charge is -2.13. The van der Waals surface area contributed by atoms with Crippen LogP contribution in [0.2, 0.25) is 0 Å². The number of aryl methyl sites for hydroxylation is 1. The van der Waals surface area contributed by atoms with E-state index in [9.17, 15) is 4.79 Å². The minimum atomic E-state index is -0.0246. The van der Waals surface area contributed by atoms with Crippen LogP contribution in [-0.4, -0.2) is 42.8 Å². The van der Waals surface area contributed by atoms with Crippen LogP contribution in [0.5, 0.6) is 17.2 Å². The van der Waals surface area contributed by atoms with Crippen molar-refractivity contribution in [3.63, 3.8) is 0 Å². The van der Waals surface area contributed by atoms with Crippen LogP contribution in [-0.2, 0) is 24.2 Å². The highest BCUT2D eigenvalue weighted by Gasteiger charge is 2.12. The van der Waals surface area contributed by atoms with Gasteiger partial charge in [-0.2, -0.15) is 0 Å². The van der Waals surface area contributed by atoms with Gasteiger partial charge in [0, 0.05) is 13.0 Å². The summed E-state index contributed by atoms with van der Waals surface area (Å²) in [7, 11) is 3.18.